The number of methoxy groups -OCH3 is 1. The maximum atomic E-state index is 12.9. The van der Waals surface area contributed by atoms with Crippen molar-refractivity contribution in [2.45, 2.75) is 24.6 Å². The molecule has 0 aliphatic rings. The van der Waals surface area contributed by atoms with Crippen LogP contribution in [0.2, 0.25) is 0 Å². The highest BCUT2D eigenvalue weighted by Crippen LogP contribution is 2.39. The molecule has 0 saturated carbocycles. The third kappa shape index (κ3) is 7.30. The van der Waals surface area contributed by atoms with Gasteiger partial charge in [0.2, 0.25) is 0 Å². The second-order valence-corrected chi connectivity index (χ2v) is 7.74. The van der Waals surface area contributed by atoms with Crippen molar-refractivity contribution in [1.29, 1.82) is 0 Å². The van der Waals surface area contributed by atoms with Crippen LogP contribution in [0.5, 0.6) is 11.5 Å². The zero-order valence-electron chi connectivity index (χ0n) is 18.8. The van der Waals surface area contributed by atoms with Gasteiger partial charge in [-0.15, -0.1) is 26.3 Å². The van der Waals surface area contributed by atoms with Crippen LogP contribution in [0.25, 0.3) is 0 Å². The molecule has 3 aromatic carbocycles. The van der Waals surface area contributed by atoms with Crippen LogP contribution < -0.4 is 14.8 Å². The van der Waals surface area contributed by atoms with Crippen LogP contribution in [0.4, 0.5) is 31.1 Å². The predicted octanol–water partition coefficient (Wildman–Crippen LogP) is 6.37. The highest BCUT2D eigenvalue weighted by molar-refractivity contribution is 5.67. The third-order valence-electron chi connectivity index (χ3n) is 5.31. The Morgan fingerprint density at radius 1 is 0.750 bits per heavy atom. The minimum Gasteiger partial charge on any atom is -0.453 e. The average molecular weight is 513 g/mol. The summed E-state index contributed by atoms with van der Waals surface area (Å²) in [7, 11) is 1.13. The number of amides is 1. The monoisotopic (exact) mass is 513 g/mol. The Kier molecular flexibility index (Phi) is 8.01. The van der Waals surface area contributed by atoms with Gasteiger partial charge in [-0.3, -0.25) is 0 Å². The Labute approximate surface area is 202 Å². The molecule has 0 aliphatic heterocycles. The van der Waals surface area contributed by atoms with Gasteiger partial charge in [-0.25, -0.2) is 4.79 Å². The van der Waals surface area contributed by atoms with E-state index in [1.807, 2.05) is 0 Å². The van der Waals surface area contributed by atoms with E-state index in [-0.39, 0.29) is 24.1 Å². The van der Waals surface area contributed by atoms with Crippen molar-refractivity contribution in [3.05, 3.63) is 95.6 Å². The second kappa shape index (κ2) is 10.8. The number of hydrogen-bond donors (Lipinski definition) is 1. The van der Waals surface area contributed by atoms with Crippen molar-refractivity contribution >= 4 is 6.09 Å². The van der Waals surface area contributed by atoms with E-state index in [4.69, 9.17) is 0 Å². The molecule has 0 spiro atoms. The molecule has 0 heterocycles. The van der Waals surface area contributed by atoms with E-state index < -0.39 is 35.7 Å². The van der Waals surface area contributed by atoms with Gasteiger partial charge in [-0.1, -0.05) is 54.6 Å². The molecule has 0 radical (unpaired) electrons. The van der Waals surface area contributed by atoms with Crippen LogP contribution >= 0.6 is 0 Å². The van der Waals surface area contributed by atoms with E-state index in [0.717, 1.165) is 31.4 Å². The SMILES string of the molecule is COC(=O)NCC(Cc1ccccc1)(c1cccc(OC(F)(F)F)c1)c1cccc(OC(F)(F)F)c1. The molecule has 1 amide bonds. The summed E-state index contributed by atoms with van der Waals surface area (Å²) in [4.78, 5) is 12.0. The molecule has 3 rings (SSSR count). The lowest BCUT2D eigenvalue weighted by atomic mass is 9.70. The molecule has 0 aliphatic carbocycles. The summed E-state index contributed by atoms with van der Waals surface area (Å²) in [6.07, 6.45) is -10.7. The molecule has 0 fully saturated rings. The van der Waals surface area contributed by atoms with Crippen molar-refractivity contribution in [3.8, 4) is 11.5 Å². The molecule has 0 unspecified atom stereocenters. The first kappa shape index (κ1) is 26.7. The topological polar surface area (TPSA) is 56.8 Å². The summed E-state index contributed by atoms with van der Waals surface area (Å²) >= 11 is 0. The fourth-order valence-electron chi connectivity index (χ4n) is 3.86. The first-order valence-corrected chi connectivity index (χ1v) is 10.5. The lowest BCUT2D eigenvalue weighted by Gasteiger charge is -2.36. The number of rotatable bonds is 8. The van der Waals surface area contributed by atoms with Crippen LogP contribution in [0.3, 0.4) is 0 Å². The first-order chi connectivity index (χ1) is 16.9. The largest absolute Gasteiger partial charge is 0.573 e. The molecule has 0 saturated heterocycles. The van der Waals surface area contributed by atoms with Crippen LogP contribution in [0.1, 0.15) is 16.7 Å². The Morgan fingerprint density at radius 2 is 1.25 bits per heavy atom. The fraction of sp³-hybridized carbons (Fsp3) is 0.240. The van der Waals surface area contributed by atoms with E-state index in [9.17, 15) is 31.1 Å². The zero-order chi connectivity index (χ0) is 26.4. The lowest BCUT2D eigenvalue weighted by Crippen LogP contribution is -2.43. The summed E-state index contributed by atoms with van der Waals surface area (Å²) in [5.41, 5.74) is -0.165. The number of benzene rings is 3. The van der Waals surface area contributed by atoms with E-state index in [1.165, 1.54) is 24.3 Å². The van der Waals surface area contributed by atoms with E-state index >= 15 is 0 Å². The molecule has 0 bridgehead atoms. The van der Waals surface area contributed by atoms with Gasteiger partial charge in [-0.05, 0) is 47.4 Å². The maximum absolute atomic E-state index is 12.9. The standard InChI is InChI=1S/C25H21F6NO4/c1-34-22(33)32-16-23(15-17-7-3-2-4-8-17,18-9-5-11-20(13-18)35-24(26,27)28)19-10-6-12-21(14-19)36-25(29,30)31/h2-14H,15-16H2,1H3,(H,32,33). The smallest absolute Gasteiger partial charge is 0.453 e. The van der Waals surface area contributed by atoms with Gasteiger partial charge in [0.25, 0.3) is 0 Å². The second-order valence-electron chi connectivity index (χ2n) is 7.74. The van der Waals surface area contributed by atoms with E-state index in [2.05, 4.69) is 19.5 Å². The number of alkyl halides is 6. The van der Waals surface area contributed by atoms with Crippen LogP contribution in [0, 0.1) is 0 Å². The van der Waals surface area contributed by atoms with Crippen LogP contribution in [-0.4, -0.2) is 32.5 Å². The molecule has 192 valence electrons. The van der Waals surface area contributed by atoms with Gasteiger partial charge in [0.15, 0.2) is 0 Å². The Morgan fingerprint density at radius 3 is 1.69 bits per heavy atom. The van der Waals surface area contributed by atoms with Gasteiger partial charge in [-0.2, -0.15) is 0 Å². The summed E-state index contributed by atoms with van der Waals surface area (Å²) in [5.74, 6) is -1.06. The Bertz CT molecular complexity index is 1110. The number of halogens is 6. The molecule has 5 nitrogen and oxygen atoms in total. The molecule has 0 aromatic heterocycles. The molecule has 0 atom stereocenters. The van der Waals surface area contributed by atoms with Gasteiger partial charge in [0.1, 0.15) is 11.5 Å². The van der Waals surface area contributed by atoms with Crippen molar-refractivity contribution < 1.29 is 45.3 Å². The lowest BCUT2D eigenvalue weighted by molar-refractivity contribution is -0.275. The average Bonchev–Trinajstić information content (AvgIpc) is 2.80. The highest BCUT2D eigenvalue weighted by atomic mass is 19.4. The minimum absolute atomic E-state index is 0.0861. The molecule has 36 heavy (non-hydrogen) atoms. The predicted molar refractivity (Wildman–Crippen MR) is 118 cm³/mol. The van der Waals surface area contributed by atoms with Gasteiger partial charge < -0.3 is 19.5 Å². The quantitative estimate of drug-likeness (QED) is 0.356. The normalized spacial score (nSPS) is 12.1. The third-order valence-corrected chi connectivity index (χ3v) is 5.31. The number of hydrogen-bond acceptors (Lipinski definition) is 4. The minimum atomic E-state index is -4.97. The van der Waals surface area contributed by atoms with Gasteiger partial charge >= 0.3 is 18.8 Å². The number of carbonyl (C=O) groups is 1. The number of alkyl carbamates (subject to hydrolysis) is 1. The number of nitrogens with one attached hydrogen (secondary N) is 1. The highest BCUT2D eigenvalue weighted by Gasteiger charge is 2.38. The molecular formula is C25H21F6NO4. The molecule has 11 heteroatoms. The fourth-order valence-corrected chi connectivity index (χ4v) is 3.86. The Balaban J connectivity index is 2.22. The summed E-state index contributed by atoms with van der Waals surface area (Å²) in [6.45, 7) is -0.237. The summed E-state index contributed by atoms with van der Waals surface area (Å²) in [5, 5.41) is 2.54. The van der Waals surface area contributed by atoms with Gasteiger partial charge in [0, 0.05) is 12.0 Å². The van der Waals surface area contributed by atoms with E-state index in [1.54, 1.807) is 30.3 Å². The number of ether oxygens (including phenoxy) is 3. The molecule has 3 aromatic rings. The van der Waals surface area contributed by atoms with Gasteiger partial charge in [0.05, 0.1) is 7.11 Å². The zero-order valence-corrected chi connectivity index (χ0v) is 18.8. The van der Waals surface area contributed by atoms with Crippen molar-refractivity contribution in [3.63, 3.8) is 0 Å². The van der Waals surface area contributed by atoms with E-state index in [0.29, 0.717) is 5.56 Å². The summed E-state index contributed by atoms with van der Waals surface area (Å²) < 4.78 is 90.4. The van der Waals surface area contributed by atoms with Crippen molar-refractivity contribution in [2.24, 2.45) is 0 Å². The van der Waals surface area contributed by atoms with Crippen LogP contribution in [-0.2, 0) is 16.6 Å². The maximum Gasteiger partial charge on any atom is 0.573 e. The number of carbonyl (C=O) groups excluding carboxylic acids is 1. The molecule has 1 N–H and O–H groups in total. The Hall–Kier alpha value is -3.89. The van der Waals surface area contributed by atoms with Crippen molar-refractivity contribution in [2.75, 3.05) is 13.7 Å². The van der Waals surface area contributed by atoms with Crippen molar-refractivity contribution in [1.82, 2.24) is 5.32 Å². The molecular weight excluding hydrogens is 492 g/mol. The summed E-state index contributed by atoms with van der Waals surface area (Å²) in [6, 6.07) is 18.8. The first-order valence-electron chi connectivity index (χ1n) is 10.5. The van der Waals surface area contributed by atoms with Crippen LogP contribution in [0.15, 0.2) is 78.9 Å².